The molecule has 1 aromatic rings. The normalized spacial score (nSPS) is 12.3. The van der Waals surface area contributed by atoms with Crippen molar-refractivity contribution in [2.45, 2.75) is 26.0 Å². The molecule has 5 nitrogen and oxygen atoms in total. The van der Waals surface area contributed by atoms with E-state index in [2.05, 4.69) is 5.32 Å². The maximum atomic E-state index is 12.0. The van der Waals surface area contributed by atoms with Gasteiger partial charge in [-0.1, -0.05) is 6.07 Å². The molecule has 0 spiro atoms. The molecular weight excluding hydrogens is 244 g/mol. The Bertz CT molecular complexity index is 407. The number of ether oxygens (including phenoxy) is 2. The van der Waals surface area contributed by atoms with Gasteiger partial charge < -0.3 is 20.5 Å². The molecule has 0 aliphatic rings. The van der Waals surface area contributed by atoms with Gasteiger partial charge in [0.15, 0.2) is 0 Å². The minimum atomic E-state index is -0.188. The Morgan fingerprint density at radius 2 is 2.16 bits per heavy atom. The lowest BCUT2D eigenvalue weighted by atomic mass is 10.2. The Labute approximate surface area is 114 Å². The Morgan fingerprint density at radius 1 is 1.42 bits per heavy atom. The molecule has 1 amide bonds. The molecule has 0 saturated heterocycles. The van der Waals surface area contributed by atoms with Crippen molar-refractivity contribution in [2.75, 3.05) is 20.3 Å². The molecule has 106 valence electrons. The van der Waals surface area contributed by atoms with Crippen LogP contribution >= 0.6 is 0 Å². The van der Waals surface area contributed by atoms with E-state index in [0.717, 1.165) is 0 Å². The van der Waals surface area contributed by atoms with E-state index in [9.17, 15) is 4.79 Å². The van der Waals surface area contributed by atoms with Crippen LogP contribution in [0.15, 0.2) is 24.3 Å². The van der Waals surface area contributed by atoms with Gasteiger partial charge in [-0.25, -0.2) is 0 Å². The van der Waals surface area contributed by atoms with E-state index in [-0.39, 0.29) is 18.1 Å². The van der Waals surface area contributed by atoms with Crippen LogP contribution in [0.1, 0.15) is 24.2 Å². The summed E-state index contributed by atoms with van der Waals surface area (Å²) in [6.45, 7) is 4.61. The Hall–Kier alpha value is -1.59. The van der Waals surface area contributed by atoms with Gasteiger partial charge in [-0.3, -0.25) is 4.79 Å². The van der Waals surface area contributed by atoms with Gasteiger partial charge in [0.1, 0.15) is 5.75 Å². The van der Waals surface area contributed by atoms with Crippen LogP contribution in [0.4, 0.5) is 0 Å². The number of nitrogens with two attached hydrogens (primary N) is 1. The topological polar surface area (TPSA) is 73.6 Å². The summed E-state index contributed by atoms with van der Waals surface area (Å²) in [5.41, 5.74) is 6.11. The molecule has 1 atom stereocenters. The molecule has 0 aliphatic heterocycles. The molecule has 0 fully saturated rings. The third kappa shape index (κ3) is 5.28. The first-order chi connectivity index (χ1) is 9.06. The van der Waals surface area contributed by atoms with Gasteiger partial charge in [-0.15, -0.1) is 0 Å². The Kier molecular flexibility index (Phi) is 6.32. The van der Waals surface area contributed by atoms with Crippen LogP contribution in [-0.2, 0) is 4.74 Å². The van der Waals surface area contributed by atoms with Crippen molar-refractivity contribution in [1.29, 1.82) is 0 Å². The van der Waals surface area contributed by atoms with Crippen molar-refractivity contribution in [1.82, 2.24) is 5.32 Å². The Morgan fingerprint density at radius 3 is 2.74 bits per heavy atom. The highest BCUT2D eigenvalue weighted by atomic mass is 16.5. The molecule has 0 saturated carbocycles. The summed E-state index contributed by atoms with van der Waals surface area (Å²) >= 11 is 0. The van der Waals surface area contributed by atoms with E-state index >= 15 is 0 Å². The molecule has 5 heteroatoms. The second-order valence-electron chi connectivity index (χ2n) is 4.56. The molecule has 0 radical (unpaired) electrons. The number of hydrogen-bond donors (Lipinski definition) is 2. The van der Waals surface area contributed by atoms with Crippen LogP contribution in [0.3, 0.4) is 0 Å². The second-order valence-corrected chi connectivity index (χ2v) is 4.56. The van der Waals surface area contributed by atoms with Gasteiger partial charge in [0.25, 0.3) is 5.91 Å². The summed E-state index contributed by atoms with van der Waals surface area (Å²) in [6.07, 6.45) is 0.0728. The van der Waals surface area contributed by atoms with E-state index in [0.29, 0.717) is 24.5 Å². The van der Waals surface area contributed by atoms with Gasteiger partial charge in [0.05, 0.1) is 18.8 Å². The standard InChI is InChI=1S/C14H22N2O3/c1-10(2)19-13-6-4-5-11(7-13)14(17)16-12(8-15)9-18-3/h4-7,10,12H,8-9,15H2,1-3H3,(H,16,17). The largest absolute Gasteiger partial charge is 0.491 e. The highest BCUT2D eigenvalue weighted by Gasteiger charge is 2.13. The lowest BCUT2D eigenvalue weighted by Crippen LogP contribution is -2.43. The predicted molar refractivity (Wildman–Crippen MR) is 74.4 cm³/mol. The molecule has 1 rings (SSSR count). The van der Waals surface area contributed by atoms with Crippen molar-refractivity contribution < 1.29 is 14.3 Å². The zero-order chi connectivity index (χ0) is 14.3. The Balaban J connectivity index is 2.70. The molecule has 3 N–H and O–H groups in total. The first-order valence-corrected chi connectivity index (χ1v) is 6.33. The molecule has 0 aromatic heterocycles. The van der Waals surface area contributed by atoms with Crippen LogP contribution in [0, 0.1) is 0 Å². The maximum Gasteiger partial charge on any atom is 0.251 e. The summed E-state index contributed by atoms with van der Waals surface area (Å²) < 4.78 is 10.5. The first-order valence-electron chi connectivity index (χ1n) is 6.33. The summed E-state index contributed by atoms with van der Waals surface area (Å²) in [5.74, 6) is 0.500. The van der Waals surface area contributed by atoms with Crippen LogP contribution in [0.5, 0.6) is 5.75 Å². The summed E-state index contributed by atoms with van der Waals surface area (Å²) in [7, 11) is 1.58. The lowest BCUT2D eigenvalue weighted by Gasteiger charge is -2.16. The van der Waals surface area contributed by atoms with Gasteiger partial charge in [0.2, 0.25) is 0 Å². The molecule has 1 aromatic carbocycles. The lowest BCUT2D eigenvalue weighted by molar-refractivity contribution is 0.0900. The van der Waals surface area contributed by atoms with Gasteiger partial charge >= 0.3 is 0 Å². The van der Waals surface area contributed by atoms with E-state index in [1.807, 2.05) is 19.9 Å². The first kappa shape index (κ1) is 15.5. The molecule has 0 aliphatic carbocycles. The summed E-state index contributed by atoms with van der Waals surface area (Å²) in [5, 5.41) is 2.82. The van der Waals surface area contributed by atoms with Crippen LogP contribution in [0.25, 0.3) is 0 Å². The van der Waals surface area contributed by atoms with E-state index in [1.165, 1.54) is 0 Å². The number of carbonyl (C=O) groups is 1. The van der Waals surface area contributed by atoms with Crippen molar-refractivity contribution in [3.63, 3.8) is 0 Å². The van der Waals surface area contributed by atoms with Gasteiger partial charge in [-0.2, -0.15) is 0 Å². The molecular formula is C14H22N2O3. The number of amides is 1. The van der Waals surface area contributed by atoms with Crippen LogP contribution in [-0.4, -0.2) is 38.3 Å². The molecule has 19 heavy (non-hydrogen) atoms. The number of nitrogens with one attached hydrogen (secondary N) is 1. The van der Waals surface area contributed by atoms with Crippen molar-refractivity contribution in [3.05, 3.63) is 29.8 Å². The van der Waals surface area contributed by atoms with Gasteiger partial charge in [0, 0.05) is 19.2 Å². The number of carbonyl (C=O) groups excluding carboxylic acids is 1. The fraction of sp³-hybridized carbons (Fsp3) is 0.500. The maximum absolute atomic E-state index is 12.0. The highest BCUT2D eigenvalue weighted by Crippen LogP contribution is 2.14. The smallest absolute Gasteiger partial charge is 0.251 e. The van der Waals surface area contributed by atoms with Crippen LogP contribution in [0.2, 0.25) is 0 Å². The monoisotopic (exact) mass is 266 g/mol. The molecule has 0 bridgehead atoms. The second kappa shape index (κ2) is 7.76. The minimum Gasteiger partial charge on any atom is -0.491 e. The zero-order valence-corrected chi connectivity index (χ0v) is 11.7. The van der Waals surface area contributed by atoms with Crippen molar-refractivity contribution in [3.8, 4) is 5.75 Å². The quantitative estimate of drug-likeness (QED) is 0.777. The number of methoxy groups -OCH3 is 1. The number of benzene rings is 1. The van der Waals surface area contributed by atoms with E-state index < -0.39 is 0 Å². The van der Waals surface area contributed by atoms with Crippen molar-refractivity contribution >= 4 is 5.91 Å². The van der Waals surface area contributed by atoms with Crippen molar-refractivity contribution in [2.24, 2.45) is 5.73 Å². The molecule has 1 unspecified atom stereocenters. The van der Waals surface area contributed by atoms with Crippen LogP contribution < -0.4 is 15.8 Å². The van der Waals surface area contributed by atoms with E-state index in [1.54, 1.807) is 25.3 Å². The summed E-state index contributed by atoms with van der Waals surface area (Å²) in [4.78, 5) is 12.0. The number of hydrogen-bond acceptors (Lipinski definition) is 4. The third-order valence-corrected chi connectivity index (χ3v) is 2.46. The van der Waals surface area contributed by atoms with E-state index in [4.69, 9.17) is 15.2 Å². The average molecular weight is 266 g/mol. The zero-order valence-electron chi connectivity index (χ0n) is 11.7. The fourth-order valence-corrected chi connectivity index (χ4v) is 1.62. The number of rotatable bonds is 7. The van der Waals surface area contributed by atoms with Gasteiger partial charge in [-0.05, 0) is 32.0 Å². The average Bonchev–Trinajstić information content (AvgIpc) is 2.37. The molecule has 0 heterocycles. The SMILES string of the molecule is COCC(CN)NC(=O)c1cccc(OC(C)C)c1. The fourth-order valence-electron chi connectivity index (χ4n) is 1.62. The highest BCUT2D eigenvalue weighted by molar-refractivity contribution is 5.94. The summed E-state index contributed by atoms with van der Waals surface area (Å²) in [6, 6.07) is 6.89. The minimum absolute atomic E-state index is 0.0728. The third-order valence-electron chi connectivity index (χ3n) is 2.46. The predicted octanol–water partition coefficient (Wildman–Crippen LogP) is 1.18.